The molecular formula is C36H50O4S2. The highest BCUT2D eigenvalue weighted by molar-refractivity contribution is 8.76. The molecule has 0 aromatic heterocycles. The van der Waals surface area contributed by atoms with Crippen LogP contribution < -0.4 is 0 Å². The molecule has 2 aromatic carbocycles. The molecule has 0 heterocycles. The van der Waals surface area contributed by atoms with Gasteiger partial charge in [0, 0.05) is 24.0 Å². The van der Waals surface area contributed by atoms with Gasteiger partial charge >= 0.3 is 11.9 Å². The van der Waals surface area contributed by atoms with E-state index in [4.69, 9.17) is 9.47 Å². The number of benzene rings is 2. The number of unbranched alkanes of at least 4 members (excludes halogenated alkanes) is 12. The van der Waals surface area contributed by atoms with Crippen LogP contribution in [0.2, 0.25) is 0 Å². The van der Waals surface area contributed by atoms with Gasteiger partial charge in [0.2, 0.25) is 0 Å². The molecule has 2 aromatic rings. The van der Waals surface area contributed by atoms with Crippen LogP contribution in [-0.4, -0.2) is 11.9 Å². The Balaban J connectivity index is 1.87. The van der Waals surface area contributed by atoms with Crippen molar-refractivity contribution in [3.63, 3.8) is 0 Å². The summed E-state index contributed by atoms with van der Waals surface area (Å²) in [6.07, 6.45) is 20.1. The maximum Gasteiger partial charge on any atom is 0.307 e. The van der Waals surface area contributed by atoms with Gasteiger partial charge in [-0.2, -0.15) is 0 Å². The van der Waals surface area contributed by atoms with E-state index < -0.39 is 10.9 Å². The monoisotopic (exact) mass is 610 g/mol. The highest BCUT2D eigenvalue weighted by atomic mass is 33.1. The molecule has 0 bridgehead atoms. The summed E-state index contributed by atoms with van der Waals surface area (Å²) in [5.41, 5.74) is 0.843. The zero-order valence-electron chi connectivity index (χ0n) is 25.3. The van der Waals surface area contributed by atoms with E-state index in [1.165, 1.54) is 60.1 Å². The number of hydrogen-bond acceptors (Lipinski definition) is 6. The number of esters is 2. The second-order valence-electron chi connectivity index (χ2n) is 10.6. The molecule has 0 saturated carbocycles. The van der Waals surface area contributed by atoms with E-state index in [-0.39, 0.29) is 11.9 Å². The minimum atomic E-state index is -0.492. The molecule has 0 N–H and O–H groups in total. The van der Waals surface area contributed by atoms with Gasteiger partial charge in [-0.1, -0.05) is 124 Å². The third-order valence-corrected chi connectivity index (χ3v) is 9.51. The van der Waals surface area contributed by atoms with E-state index in [9.17, 15) is 9.59 Å². The van der Waals surface area contributed by atoms with E-state index in [0.29, 0.717) is 12.8 Å². The topological polar surface area (TPSA) is 52.6 Å². The number of carbonyl (C=O) groups excluding carboxylic acids is 2. The van der Waals surface area contributed by atoms with Gasteiger partial charge in [-0.15, -0.1) is 13.2 Å². The van der Waals surface area contributed by atoms with Crippen molar-refractivity contribution in [3.8, 4) is 0 Å². The lowest BCUT2D eigenvalue weighted by Gasteiger charge is -2.22. The molecule has 0 aliphatic carbocycles. The largest absolute Gasteiger partial charge is 0.445 e. The third kappa shape index (κ3) is 16.9. The van der Waals surface area contributed by atoms with Gasteiger partial charge < -0.3 is 9.47 Å². The third-order valence-electron chi connectivity index (χ3n) is 6.93. The van der Waals surface area contributed by atoms with Crippen molar-refractivity contribution in [3.05, 3.63) is 97.1 Å². The highest BCUT2D eigenvalue weighted by Gasteiger charge is 2.24. The second kappa shape index (κ2) is 24.0. The molecule has 2 atom stereocenters. The molecule has 0 fully saturated rings. The van der Waals surface area contributed by atoms with E-state index in [0.717, 1.165) is 62.5 Å². The Labute approximate surface area is 262 Å². The molecule has 0 aliphatic rings. The van der Waals surface area contributed by atoms with Crippen LogP contribution >= 0.6 is 21.6 Å². The molecular weight excluding hydrogens is 561 g/mol. The Morgan fingerprint density at radius 1 is 0.548 bits per heavy atom. The highest BCUT2D eigenvalue weighted by Crippen LogP contribution is 2.47. The molecule has 0 amide bonds. The first kappa shape index (κ1) is 35.8. The molecule has 4 nitrogen and oxygen atoms in total. The maximum absolute atomic E-state index is 12.8. The number of rotatable bonds is 25. The van der Waals surface area contributed by atoms with Gasteiger partial charge in [0.05, 0.1) is 0 Å². The standard InChI is InChI=1S/C36H50O4S2/c1-3-5-7-9-11-13-15-23-29-33(37)39-35(31-25-19-17-20-26-31)41-42-36(32-27-21-18-22-28-32)40-34(38)30-24-16-14-12-10-8-6-4-2/h3-4,17-22,25-28,35-36H,1-2,5-16,23-24,29-30H2. The molecule has 0 radical (unpaired) electrons. The molecule has 0 spiro atoms. The fourth-order valence-corrected chi connectivity index (χ4v) is 7.03. The average molecular weight is 611 g/mol. The number of carbonyl (C=O) groups is 2. The summed E-state index contributed by atoms with van der Waals surface area (Å²) in [6.45, 7) is 7.54. The second-order valence-corrected chi connectivity index (χ2v) is 13.0. The molecule has 0 aliphatic heterocycles. The van der Waals surface area contributed by atoms with Crippen molar-refractivity contribution in [2.45, 2.75) is 114 Å². The molecule has 6 heteroatoms. The normalized spacial score (nSPS) is 12.3. The first-order valence-electron chi connectivity index (χ1n) is 15.7. The Morgan fingerprint density at radius 2 is 0.881 bits per heavy atom. The Bertz CT molecular complexity index is 914. The molecule has 2 rings (SSSR count). The molecule has 2 unspecified atom stereocenters. The van der Waals surface area contributed by atoms with Crippen molar-refractivity contribution >= 4 is 33.5 Å². The van der Waals surface area contributed by atoms with Crippen LogP contribution in [-0.2, 0) is 19.1 Å². The lowest BCUT2D eigenvalue weighted by atomic mass is 10.1. The Morgan fingerprint density at radius 3 is 1.24 bits per heavy atom. The van der Waals surface area contributed by atoms with Gasteiger partial charge in [-0.3, -0.25) is 9.59 Å². The molecule has 230 valence electrons. The van der Waals surface area contributed by atoms with Crippen LogP contribution in [0.3, 0.4) is 0 Å². The zero-order valence-corrected chi connectivity index (χ0v) is 26.9. The summed E-state index contributed by atoms with van der Waals surface area (Å²) < 4.78 is 11.9. The van der Waals surface area contributed by atoms with Crippen LogP contribution in [0.15, 0.2) is 86.0 Å². The lowest BCUT2D eigenvalue weighted by molar-refractivity contribution is -0.146. The van der Waals surface area contributed by atoms with Gasteiger partial charge in [0.25, 0.3) is 0 Å². The first-order chi connectivity index (χ1) is 20.6. The van der Waals surface area contributed by atoms with Gasteiger partial charge in [0.1, 0.15) is 0 Å². The van der Waals surface area contributed by atoms with E-state index >= 15 is 0 Å². The summed E-state index contributed by atoms with van der Waals surface area (Å²) in [4.78, 5) is 25.6. The summed E-state index contributed by atoms with van der Waals surface area (Å²) in [5.74, 6) is -0.386. The summed E-state index contributed by atoms with van der Waals surface area (Å²) in [5, 5.41) is 0. The van der Waals surface area contributed by atoms with Crippen LogP contribution in [0.1, 0.15) is 125 Å². The molecule has 42 heavy (non-hydrogen) atoms. The quantitative estimate of drug-likeness (QED) is 0.0366. The maximum atomic E-state index is 12.8. The SMILES string of the molecule is C=CCCCCCCCCC(=O)OC(SSC(OC(=O)CCCCCCCCC=C)c1ccccc1)c1ccccc1. The van der Waals surface area contributed by atoms with Crippen molar-refractivity contribution in [1.29, 1.82) is 0 Å². The van der Waals surface area contributed by atoms with Crippen molar-refractivity contribution in [2.24, 2.45) is 0 Å². The summed E-state index contributed by atoms with van der Waals surface area (Å²) in [6, 6.07) is 19.6. The minimum Gasteiger partial charge on any atom is -0.445 e. The zero-order chi connectivity index (χ0) is 30.1. The van der Waals surface area contributed by atoms with Crippen LogP contribution in [0.25, 0.3) is 0 Å². The fourth-order valence-electron chi connectivity index (χ4n) is 4.49. The average Bonchev–Trinajstić information content (AvgIpc) is 3.02. The fraction of sp³-hybridized carbons (Fsp3) is 0.500. The van der Waals surface area contributed by atoms with Crippen LogP contribution in [0.4, 0.5) is 0 Å². The Hall–Kier alpha value is -2.44. The van der Waals surface area contributed by atoms with Gasteiger partial charge in [0.15, 0.2) is 10.9 Å². The van der Waals surface area contributed by atoms with Crippen LogP contribution in [0, 0.1) is 0 Å². The Kier molecular flexibility index (Phi) is 20.5. The van der Waals surface area contributed by atoms with Crippen molar-refractivity contribution < 1.29 is 19.1 Å². The first-order valence-corrected chi connectivity index (χ1v) is 17.9. The molecule has 0 saturated heterocycles. The lowest BCUT2D eigenvalue weighted by Crippen LogP contribution is -2.11. The van der Waals surface area contributed by atoms with Crippen molar-refractivity contribution in [1.82, 2.24) is 0 Å². The number of hydrogen-bond donors (Lipinski definition) is 0. The summed E-state index contributed by atoms with van der Waals surface area (Å²) >= 11 is 0. The smallest absolute Gasteiger partial charge is 0.307 e. The predicted molar refractivity (Wildman–Crippen MR) is 180 cm³/mol. The van der Waals surface area contributed by atoms with Gasteiger partial charge in [-0.25, -0.2) is 0 Å². The predicted octanol–water partition coefficient (Wildman–Crippen LogP) is 11.5. The van der Waals surface area contributed by atoms with E-state index in [1.54, 1.807) is 0 Å². The summed E-state index contributed by atoms with van der Waals surface area (Å²) in [7, 11) is 2.85. The van der Waals surface area contributed by atoms with Crippen LogP contribution in [0.5, 0.6) is 0 Å². The number of ether oxygens (including phenoxy) is 2. The van der Waals surface area contributed by atoms with Gasteiger partial charge in [-0.05, 0) is 60.1 Å². The minimum absolute atomic E-state index is 0.193. The number of allylic oxidation sites excluding steroid dienone is 2. The van der Waals surface area contributed by atoms with E-state index in [2.05, 4.69) is 13.2 Å². The van der Waals surface area contributed by atoms with Crippen molar-refractivity contribution in [2.75, 3.05) is 0 Å². The van der Waals surface area contributed by atoms with E-state index in [1.807, 2.05) is 72.8 Å².